The summed E-state index contributed by atoms with van der Waals surface area (Å²) in [5.74, 6) is 0.552. The minimum Gasteiger partial charge on any atom is -0.374 e. The molecule has 1 heterocycles. The Labute approximate surface area is 132 Å². The summed E-state index contributed by atoms with van der Waals surface area (Å²) in [4.78, 5) is 1.42. The number of benzene rings is 1. The molecule has 2 aromatic rings. The van der Waals surface area contributed by atoms with Gasteiger partial charge in [0.1, 0.15) is 0 Å². The van der Waals surface area contributed by atoms with Crippen LogP contribution in [0.3, 0.4) is 0 Å². The third kappa shape index (κ3) is 4.29. The molecule has 21 heavy (non-hydrogen) atoms. The van der Waals surface area contributed by atoms with Crippen molar-refractivity contribution in [2.24, 2.45) is 5.92 Å². The van der Waals surface area contributed by atoms with Crippen molar-refractivity contribution in [3.8, 4) is 0 Å². The van der Waals surface area contributed by atoms with Gasteiger partial charge in [0.05, 0.1) is 12.7 Å². The lowest BCUT2D eigenvalue weighted by atomic mass is 10.1. The lowest BCUT2D eigenvalue weighted by molar-refractivity contribution is 0.0239. The molecular formula is C18H27NOS. The highest BCUT2D eigenvalue weighted by molar-refractivity contribution is 7.19. The first-order valence-corrected chi connectivity index (χ1v) is 8.76. The van der Waals surface area contributed by atoms with Gasteiger partial charge in [-0.05, 0) is 37.3 Å². The summed E-state index contributed by atoms with van der Waals surface area (Å²) < 4.78 is 7.44. The maximum atomic E-state index is 6.08. The van der Waals surface area contributed by atoms with E-state index in [1.54, 1.807) is 0 Å². The molecule has 0 spiro atoms. The fourth-order valence-electron chi connectivity index (χ4n) is 2.24. The maximum Gasteiger partial charge on any atom is 0.0738 e. The third-order valence-electron chi connectivity index (χ3n) is 3.92. The second kappa shape index (κ2) is 7.92. The van der Waals surface area contributed by atoms with Crippen LogP contribution in [0.4, 0.5) is 0 Å². The Morgan fingerprint density at radius 2 is 1.95 bits per heavy atom. The van der Waals surface area contributed by atoms with Crippen molar-refractivity contribution in [3.05, 3.63) is 34.7 Å². The molecular weight excluding hydrogens is 278 g/mol. The van der Waals surface area contributed by atoms with Crippen molar-refractivity contribution >= 4 is 21.4 Å². The summed E-state index contributed by atoms with van der Waals surface area (Å²) >= 11 is 1.89. The zero-order valence-corrected chi connectivity index (χ0v) is 14.4. The van der Waals surface area contributed by atoms with Gasteiger partial charge in [0.25, 0.3) is 0 Å². The molecule has 1 N–H and O–H groups in total. The molecule has 3 heteroatoms. The summed E-state index contributed by atoms with van der Waals surface area (Å²) in [5, 5.41) is 4.87. The number of rotatable bonds is 8. The lowest BCUT2D eigenvalue weighted by Crippen LogP contribution is -2.17. The van der Waals surface area contributed by atoms with Crippen molar-refractivity contribution in [1.82, 2.24) is 5.32 Å². The van der Waals surface area contributed by atoms with E-state index >= 15 is 0 Å². The Hall–Kier alpha value is -0.900. The maximum absolute atomic E-state index is 6.08. The van der Waals surface area contributed by atoms with E-state index in [0.29, 0.717) is 18.6 Å². The highest BCUT2D eigenvalue weighted by Gasteiger charge is 2.14. The first-order chi connectivity index (χ1) is 10.1. The Balaban J connectivity index is 2.18. The van der Waals surface area contributed by atoms with Crippen LogP contribution in [-0.4, -0.2) is 12.6 Å². The van der Waals surface area contributed by atoms with Gasteiger partial charge in [-0.2, -0.15) is 0 Å². The van der Waals surface area contributed by atoms with Gasteiger partial charge < -0.3 is 10.1 Å². The minimum atomic E-state index is 0.292. The predicted molar refractivity (Wildman–Crippen MR) is 92.9 cm³/mol. The van der Waals surface area contributed by atoms with Gasteiger partial charge in [0.2, 0.25) is 0 Å². The Morgan fingerprint density at radius 1 is 1.19 bits per heavy atom. The highest BCUT2D eigenvalue weighted by atomic mass is 32.1. The summed E-state index contributed by atoms with van der Waals surface area (Å²) in [5.41, 5.74) is 1.37. The van der Waals surface area contributed by atoms with Gasteiger partial charge >= 0.3 is 0 Å². The van der Waals surface area contributed by atoms with Crippen LogP contribution in [0.5, 0.6) is 0 Å². The SMILES string of the molecule is CCCNCc1sc2ccccc2c1COC(C)C(C)C. The molecule has 1 aromatic heterocycles. The van der Waals surface area contributed by atoms with Crippen molar-refractivity contribution in [2.75, 3.05) is 6.54 Å². The summed E-state index contributed by atoms with van der Waals surface area (Å²) in [7, 11) is 0. The van der Waals surface area contributed by atoms with Crippen molar-refractivity contribution < 1.29 is 4.74 Å². The number of thiophene rings is 1. The number of hydrogen-bond donors (Lipinski definition) is 1. The average molecular weight is 305 g/mol. The Kier molecular flexibility index (Phi) is 6.22. The van der Waals surface area contributed by atoms with E-state index in [2.05, 4.69) is 57.3 Å². The monoisotopic (exact) mass is 305 g/mol. The van der Waals surface area contributed by atoms with Crippen LogP contribution < -0.4 is 5.32 Å². The Morgan fingerprint density at radius 3 is 2.67 bits per heavy atom. The van der Waals surface area contributed by atoms with E-state index in [1.165, 1.54) is 26.9 Å². The molecule has 1 unspecified atom stereocenters. The van der Waals surface area contributed by atoms with Gasteiger partial charge in [0, 0.05) is 21.7 Å². The van der Waals surface area contributed by atoms with Crippen LogP contribution in [0.25, 0.3) is 10.1 Å². The first kappa shape index (κ1) is 16.5. The molecule has 0 aliphatic rings. The highest BCUT2D eigenvalue weighted by Crippen LogP contribution is 2.32. The second-order valence-corrected chi connectivity index (χ2v) is 7.07. The largest absolute Gasteiger partial charge is 0.374 e. The fourth-order valence-corrected chi connectivity index (χ4v) is 3.42. The first-order valence-electron chi connectivity index (χ1n) is 7.95. The molecule has 1 aromatic carbocycles. The molecule has 0 amide bonds. The van der Waals surface area contributed by atoms with E-state index in [-0.39, 0.29) is 0 Å². The molecule has 0 saturated carbocycles. The smallest absolute Gasteiger partial charge is 0.0738 e. The summed E-state index contributed by atoms with van der Waals surface area (Å²) in [6, 6.07) is 8.66. The molecule has 1 atom stereocenters. The zero-order valence-electron chi connectivity index (χ0n) is 13.6. The number of ether oxygens (including phenoxy) is 1. The van der Waals surface area contributed by atoms with E-state index in [9.17, 15) is 0 Å². The molecule has 116 valence electrons. The van der Waals surface area contributed by atoms with E-state index in [4.69, 9.17) is 4.74 Å². The van der Waals surface area contributed by atoms with Crippen LogP contribution in [-0.2, 0) is 17.9 Å². The van der Waals surface area contributed by atoms with Crippen LogP contribution in [0, 0.1) is 5.92 Å². The zero-order chi connectivity index (χ0) is 15.2. The van der Waals surface area contributed by atoms with Crippen molar-refractivity contribution in [1.29, 1.82) is 0 Å². The standard InChI is InChI=1S/C18H27NOS/c1-5-10-19-11-18-16(12-20-14(4)13(2)3)15-8-6-7-9-17(15)21-18/h6-9,13-14,19H,5,10-12H2,1-4H3. The van der Waals surface area contributed by atoms with Crippen LogP contribution in [0.2, 0.25) is 0 Å². The number of nitrogens with one attached hydrogen (secondary N) is 1. The molecule has 0 radical (unpaired) electrons. The van der Waals surface area contributed by atoms with Crippen molar-refractivity contribution in [2.45, 2.75) is 53.4 Å². The molecule has 0 fully saturated rings. The second-order valence-electron chi connectivity index (χ2n) is 5.94. The Bertz CT molecular complexity index is 561. The van der Waals surface area contributed by atoms with Gasteiger partial charge in [-0.15, -0.1) is 11.3 Å². The molecule has 0 saturated heterocycles. The number of fused-ring (bicyclic) bond motifs is 1. The summed E-state index contributed by atoms with van der Waals surface area (Å²) in [6.45, 7) is 11.5. The van der Waals surface area contributed by atoms with E-state index < -0.39 is 0 Å². The van der Waals surface area contributed by atoms with Gasteiger partial charge in [0.15, 0.2) is 0 Å². The van der Waals surface area contributed by atoms with Crippen LogP contribution in [0.1, 0.15) is 44.6 Å². The quantitative estimate of drug-likeness (QED) is 0.696. The third-order valence-corrected chi connectivity index (χ3v) is 5.14. The normalized spacial score (nSPS) is 13.2. The predicted octanol–water partition coefficient (Wildman–Crippen LogP) is 4.96. The molecule has 2 nitrogen and oxygen atoms in total. The topological polar surface area (TPSA) is 21.3 Å². The van der Waals surface area contributed by atoms with Gasteiger partial charge in [-0.25, -0.2) is 0 Å². The van der Waals surface area contributed by atoms with Gasteiger partial charge in [-0.1, -0.05) is 39.0 Å². The van der Waals surface area contributed by atoms with E-state index in [0.717, 1.165) is 13.1 Å². The molecule has 2 rings (SSSR count). The van der Waals surface area contributed by atoms with Crippen LogP contribution in [0.15, 0.2) is 24.3 Å². The van der Waals surface area contributed by atoms with Crippen molar-refractivity contribution in [3.63, 3.8) is 0 Å². The summed E-state index contributed by atoms with van der Waals surface area (Å²) in [6.07, 6.45) is 1.46. The lowest BCUT2D eigenvalue weighted by Gasteiger charge is -2.17. The molecule has 0 bridgehead atoms. The average Bonchev–Trinajstić information content (AvgIpc) is 2.82. The number of hydrogen-bond acceptors (Lipinski definition) is 3. The fraction of sp³-hybridized carbons (Fsp3) is 0.556. The molecule has 0 aliphatic carbocycles. The van der Waals surface area contributed by atoms with Gasteiger partial charge in [-0.3, -0.25) is 0 Å². The van der Waals surface area contributed by atoms with E-state index in [1.807, 2.05) is 11.3 Å². The van der Waals surface area contributed by atoms with Crippen LogP contribution >= 0.6 is 11.3 Å². The molecule has 0 aliphatic heterocycles. The minimum absolute atomic E-state index is 0.292.